The minimum Gasteiger partial charge on any atom is -0.330 e. The Balaban J connectivity index is 2.79. The highest BCUT2D eigenvalue weighted by Gasteiger charge is 2.05. The fourth-order valence-corrected chi connectivity index (χ4v) is 2.27. The quantitative estimate of drug-likeness (QED) is 0.789. The molecule has 0 aliphatic rings. The summed E-state index contributed by atoms with van der Waals surface area (Å²) in [6.07, 6.45) is 1.20. The Kier molecular flexibility index (Phi) is 3.97. The van der Waals surface area contributed by atoms with Crippen molar-refractivity contribution in [2.45, 2.75) is 9.79 Å². The van der Waals surface area contributed by atoms with Gasteiger partial charge in [0.2, 0.25) is 0 Å². The van der Waals surface area contributed by atoms with Crippen LogP contribution in [0.2, 0.25) is 0 Å². The molecule has 0 bridgehead atoms. The number of sulfone groups is 1. The van der Waals surface area contributed by atoms with E-state index in [1.54, 1.807) is 36.0 Å². The normalized spacial score (nSPS) is 11.6. The maximum atomic E-state index is 11.1. The molecule has 14 heavy (non-hydrogen) atoms. The minimum atomic E-state index is -3.07. The van der Waals surface area contributed by atoms with E-state index in [0.717, 1.165) is 10.6 Å². The number of nitrogens with two attached hydrogens (primary N) is 1. The van der Waals surface area contributed by atoms with Crippen molar-refractivity contribution >= 4 is 21.6 Å². The first kappa shape index (κ1) is 11.6. The van der Waals surface area contributed by atoms with Crippen LogP contribution < -0.4 is 5.73 Å². The van der Waals surface area contributed by atoms with Crippen LogP contribution in [0.1, 0.15) is 0 Å². The van der Waals surface area contributed by atoms with Crippen LogP contribution in [0.15, 0.2) is 34.1 Å². The number of hydrogen-bond donors (Lipinski definition) is 1. The first-order valence-corrected chi connectivity index (χ1v) is 7.05. The van der Waals surface area contributed by atoms with Crippen molar-refractivity contribution in [3.05, 3.63) is 24.3 Å². The lowest BCUT2D eigenvalue weighted by Crippen LogP contribution is -2.01. The fraction of sp³-hybridized carbons (Fsp3) is 0.333. The molecule has 0 spiro atoms. The third-order valence-corrected chi connectivity index (χ3v) is 3.81. The van der Waals surface area contributed by atoms with Crippen molar-refractivity contribution in [2.75, 3.05) is 18.6 Å². The highest BCUT2D eigenvalue weighted by Crippen LogP contribution is 2.19. The summed E-state index contributed by atoms with van der Waals surface area (Å²) in [5.74, 6) is 0.845. The van der Waals surface area contributed by atoms with Crippen molar-refractivity contribution in [2.24, 2.45) is 5.73 Å². The van der Waals surface area contributed by atoms with E-state index in [1.165, 1.54) is 6.26 Å². The molecule has 2 N–H and O–H groups in total. The van der Waals surface area contributed by atoms with Gasteiger partial charge in [0, 0.05) is 23.4 Å². The highest BCUT2D eigenvalue weighted by molar-refractivity contribution is 7.99. The molecule has 0 aliphatic carbocycles. The minimum absolute atomic E-state index is 0.356. The van der Waals surface area contributed by atoms with E-state index < -0.39 is 9.84 Å². The summed E-state index contributed by atoms with van der Waals surface area (Å²) in [7, 11) is -3.07. The van der Waals surface area contributed by atoms with Crippen molar-refractivity contribution in [1.82, 2.24) is 0 Å². The highest BCUT2D eigenvalue weighted by atomic mass is 32.2. The van der Waals surface area contributed by atoms with Gasteiger partial charge >= 0.3 is 0 Å². The Bertz CT molecular complexity index is 384. The van der Waals surface area contributed by atoms with Crippen molar-refractivity contribution in [3.8, 4) is 0 Å². The second-order valence-electron chi connectivity index (χ2n) is 2.88. The van der Waals surface area contributed by atoms with Gasteiger partial charge in [0.1, 0.15) is 0 Å². The van der Waals surface area contributed by atoms with Gasteiger partial charge in [-0.1, -0.05) is 0 Å². The van der Waals surface area contributed by atoms with Crippen molar-refractivity contribution < 1.29 is 8.42 Å². The van der Waals surface area contributed by atoms with Gasteiger partial charge in [-0.15, -0.1) is 11.8 Å². The average molecular weight is 231 g/mol. The van der Waals surface area contributed by atoms with E-state index in [2.05, 4.69) is 0 Å². The van der Waals surface area contributed by atoms with Crippen LogP contribution in [0.25, 0.3) is 0 Å². The lowest BCUT2D eigenvalue weighted by Gasteiger charge is -2.01. The zero-order valence-corrected chi connectivity index (χ0v) is 9.57. The summed E-state index contributed by atoms with van der Waals surface area (Å²) in [6, 6.07) is 6.84. The summed E-state index contributed by atoms with van der Waals surface area (Å²) in [6.45, 7) is 0.624. The largest absolute Gasteiger partial charge is 0.330 e. The first-order valence-electron chi connectivity index (χ1n) is 4.17. The Morgan fingerprint density at radius 2 is 1.86 bits per heavy atom. The molecular formula is C9H13NO2S2. The van der Waals surface area contributed by atoms with Gasteiger partial charge in [0.15, 0.2) is 9.84 Å². The monoisotopic (exact) mass is 231 g/mol. The zero-order valence-electron chi connectivity index (χ0n) is 7.93. The molecule has 0 saturated carbocycles. The molecule has 0 fully saturated rings. The molecular weight excluding hydrogens is 218 g/mol. The standard InChI is InChI=1S/C9H13NO2S2/c1-14(11,12)9-4-2-8(3-5-9)13-7-6-10/h2-5H,6-7,10H2,1H3. The van der Waals surface area contributed by atoms with Gasteiger partial charge in [-0.25, -0.2) is 8.42 Å². The molecule has 0 amide bonds. The SMILES string of the molecule is CS(=O)(=O)c1ccc(SCCN)cc1. The topological polar surface area (TPSA) is 60.2 Å². The van der Waals surface area contributed by atoms with Crippen LogP contribution in [-0.4, -0.2) is 27.0 Å². The summed E-state index contributed by atoms with van der Waals surface area (Å²) in [5, 5.41) is 0. The second-order valence-corrected chi connectivity index (χ2v) is 6.06. The van der Waals surface area contributed by atoms with E-state index >= 15 is 0 Å². The third kappa shape index (κ3) is 3.32. The van der Waals surface area contributed by atoms with Gasteiger partial charge in [-0.3, -0.25) is 0 Å². The lowest BCUT2D eigenvalue weighted by atomic mass is 10.4. The summed E-state index contributed by atoms with van der Waals surface area (Å²) >= 11 is 1.62. The molecule has 0 atom stereocenters. The van der Waals surface area contributed by atoms with Gasteiger partial charge in [-0.2, -0.15) is 0 Å². The number of rotatable bonds is 4. The molecule has 0 aliphatic heterocycles. The van der Waals surface area contributed by atoms with Crippen molar-refractivity contribution in [1.29, 1.82) is 0 Å². The molecule has 0 heterocycles. The zero-order chi connectivity index (χ0) is 10.6. The summed E-state index contributed by atoms with van der Waals surface area (Å²) in [4.78, 5) is 1.40. The summed E-state index contributed by atoms with van der Waals surface area (Å²) in [5.41, 5.74) is 5.36. The molecule has 0 unspecified atom stereocenters. The number of thioether (sulfide) groups is 1. The van der Waals surface area contributed by atoms with E-state index in [-0.39, 0.29) is 0 Å². The number of benzene rings is 1. The maximum absolute atomic E-state index is 11.1. The predicted molar refractivity (Wildman–Crippen MR) is 59.3 cm³/mol. The lowest BCUT2D eigenvalue weighted by molar-refractivity contribution is 0.602. The molecule has 78 valence electrons. The third-order valence-electron chi connectivity index (χ3n) is 1.64. The van der Waals surface area contributed by atoms with Gasteiger partial charge in [0.05, 0.1) is 4.90 Å². The molecule has 0 aromatic heterocycles. The van der Waals surface area contributed by atoms with Gasteiger partial charge in [-0.05, 0) is 24.3 Å². The predicted octanol–water partition coefficient (Wildman–Crippen LogP) is 1.14. The van der Waals surface area contributed by atoms with E-state index in [1.807, 2.05) is 0 Å². The smallest absolute Gasteiger partial charge is 0.175 e. The van der Waals surface area contributed by atoms with E-state index in [4.69, 9.17) is 5.73 Å². The van der Waals surface area contributed by atoms with Gasteiger partial charge < -0.3 is 5.73 Å². The Labute approximate surface area is 88.6 Å². The van der Waals surface area contributed by atoms with E-state index in [9.17, 15) is 8.42 Å². The maximum Gasteiger partial charge on any atom is 0.175 e. The molecule has 0 radical (unpaired) electrons. The fourth-order valence-electron chi connectivity index (χ4n) is 0.960. The molecule has 3 nitrogen and oxygen atoms in total. The van der Waals surface area contributed by atoms with Crippen LogP contribution in [0, 0.1) is 0 Å². The Hall–Kier alpha value is -0.520. The molecule has 1 aromatic carbocycles. The van der Waals surface area contributed by atoms with Crippen LogP contribution >= 0.6 is 11.8 Å². The van der Waals surface area contributed by atoms with Crippen LogP contribution in [0.3, 0.4) is 0 Å². The van der Waals surface area contributed by atoms with Crippen LogP contribution in [0.5, 0.6) is 0 Å². The Morgan fingerprint density at radius 1 is 1.29 bits per heavy atom. The Morgan fingerprint density at radius 3 is 2.29 bits per heavy atom. The first-order chi connectivity index (χ1) is 6.54. The summed E-state index contributed by atoms with van der Waals surface area (Å²) < 4.78 is 22.3. The molecule has 0 saturated heterocycles. The molecule has 5 heteroatoms. The van der Waals surface area contributed by atoms with Gasteiger partial charge in [0.25, 0.3) is 0 Å². The average Bonchev–Trinajstić information content (AvgIpc) is 2.14. The molecule has 1 rings (SSSR count). The number of hydrogen-bond acceptors (Lipinski definition) is 4. The van der Waals surface area contributed by atoms with Crippen LogP contribution in [-0.2, 0) is 9.84 Å². The van der Waals surface area contributed by atoms with E-state index in [0.29, 0.717) is 11.4 Å². The van der Waals surface area contributed by atoms with Crippen molar-refractivity contribution in [3.63, 3.8) is 0 Å². The van der Waals surface area contributed by atoms with Crippen LogP contribution in [0.4, 0.5) is 0 Å². The molecule has 1 aromatic rings. The second kappa shape index (κ2) is 4.82.